The highest BCUT2D eigenvalue weighted by atomic mass is 127. The summed E-state index contributed by atoms with van der Waals surface area (Å²) in [4.78, 5) is 6.84. The van der Waals surface area contributed by atoms with Crippen LogP contribution in [0, 0.1) is 5.92 Å². The van der Waals surface area contributed by atoms with Gasteiger partial charge < -0.3 is 19.7 Å². The molecule has 0 bridgehead atoms. The van der Waals surface area contributed by atoms with Gasteiger partial charge in [0, 0.05) is 45.8 Å². The van der Waals surface area contributed by atoms with Gasteiger partial charge in [-0.2, -0.15) is 0 Å². The van der Waals surface area contributed by atoms with E-state index in [-0.39, 0.29) is 24.0 Å². The summed E-state index contributed by atoms with van der Waals surface area (Å²) in [6.07, 6.45) is 2.94. The number of nitrogens with zero attached hydrogens (tertiary/aromatic N) is 2. The molecule has 1 fully saturated rings. The fraction of sp³-hybridized carbons (Fsp3) is 0.933. The van der Waals surface area contributed by atoms with Crippen molar-refractivity contribution in [1.29, 1.82) is 0 Å². The molecule has 1 rings (SSSR count). The van der Waals surface area contributed by atoms with Crippen LogP contribution in [0.3, 0.4) is 0 Å². The molecule has 0 aromatic heterocycles. The van der Waals surface area contributed by atoms with Gasteiger partial charge in [-0.15, -0.1) is 24.0 Å². The Morgan fingerprint density at radius 2 is 2.12 bits per heavy atom. The molecule has 1 atom stereocenters. The van der Waals surface area contributed by atoms with E-state index in [1.807, 2.05) is 6.92 Å². The zero-order valence-corrected chi connectivity index (χ0v) is 18.6. The third kappa shape index (κ3) is 11.9. The van der Waals surface area contributed by atoms with E-state index >= 15 is 0 Å². The molecule has 0 aliphatic carbocycles. The summed E-state index contributed by atoms with van der Waals surface area (Å²) >= 11 is 0. The van der Waals surface area contributed by atoms with Crippen molar-refractivity contribution in [3.8, 4) is 0 Å². The van der Waals surface area contributed by atoms with Crippen molar-refractivity contribution in [1.82, 2.24) is 14.9 Å². The highest BCUT2D eigenvalue weighted by Crippen LogP contribution is 2.16. The molecule has 1 aliphatic heterocycles. The van der Waals surface area contributed by atoms with Gasteiger partial charge in [-0.3, -0.25) is 4.99 Å². The Labute approximate surface area is 169 Å². The van der Waals surface area contributed by atoms with E-state index in [1.165, 1.54) is 6.26 Å². The van der Waals surface area contributed by atoms with Crippen LogP contribution in [0.25, 0.3) is 0 Å². The molecule has 2 N–H and O–H groups in total. The van der Waals surface area contributed by atoms with Crippen LogP contribution < -0.4 is 10.0 Å². The van der Waals surface area contributed by atoms with E-state index in [0.29, 0.717) is 38.6 Å². The molecule has 1 heterocycles. The monoisotopic (exact) mass is 492 g/mol. The summed E-state index contributed by atoms with van der Waals surface area (Å²) < 4.78 is 35.1. The van der Waals surface area contributed by atoms with Gasteiger partial charge in [0.15, 0.2) is 5.96 Å². The molecule has 0 radical (unpaired) electrons. The largest absolute Gasteiger partial charge is 0.382 e. The van der Waals surface area contributed by atoms with Crippen LogP contribution in [0.15, 0.2) is 4.99 Å². The molecule has 1 saturated heterocycles. The van der Waals surface area contributed by atoms with Gasteiger partial charge in [-0.1, -0.05) is 0 Å². The maximum absolute atomic E-state index is 11.0. The fourth-order valence-electron chi connectivity index (χ4n) is 2.50. The number of methoxy groups -OCH3 is 1. The quantitative estimate of drug-likeness (QED) is 0.189. The second-order valence-corrected chi connectivity index (χ2v) is 7.76. The summed E-state index contributed by atoms with van der Waals surface area (Å²) in [6, 6.07) is 0. The molecule has 10 heteroatoms. The minimum absolute atomic E-state index is 0. The van der Waals surface area contributed by atoms with Gasteiger partial charge in [0.2, 0.25) is 10.0 Å². The predicted octanol–water partition coefficient (Wildman–Crippen LogP) is 0.494. The standard InChI is InChI=1S/C15H32N4O4S.HI/c1-4-16-15(17-7-5-8-18-24(3,20)21)19-9-6-14(12-19)13-23-11-10-22-2;/h14,18H,4-13H2,1-3H3,(H,16,17);1H. The summed E-state index contributed by atoms with van der Waals surface area (Å²) in [5.74, 6) is 1.41. The predicted molar refractivity (Wildman–Crippen MR) is 111 cm³/mol. The molecule has 8 nitrogen and oxygen atoms in total. The van der Waals surface area contributed by atoms with Gasteiger partial charge >= 0.3 is 0 Å². The first-order chi connectivity index (χ1) is 11.5. The lowest BCUT2D eigenvalue weighted by atomic mass is 10.1. The molecule has 0 spiro atoms. The van der Waals surface area contributed by atoms with Gasteiger partial charge in [0.05, 0.1) is 26.1 Å². The highest BCUT2D eigenvalue weighted by molar-refractivity contribution is 14.0. The number of sulfonamides is 1. The van der Waals surface area contributed by atoms with Crippen molar-refractivity contribution in [3.63, 3.8) is 0 Å². The smallest absolute Gasteiger partial charge is 0.208 e. The Hall–Kier alpha value is -0.170. The minimum Gasteiger partial charge on any atom is -0.382 e. The molecule has 25 heavy (non-hydrogen) atoms. The lowest BCUT2D eigenvalue weighted by Gasteiger charge is -2.21. The topological polar surface area (TPSA) is 92.3 Å². The van der Waals surface area contributed by atoms with Crippen LogP contribution in [-0.2, 0) is 19.5 Å². The zero-order chi connectivity index (χ0) is 17.8. The number of halogens is 1. The molecule has 150 valence electrons. The second kappa shape index (κ2) is 14.0. The number of likely N-dealkylation sites (tertiary alicyclic amines) is 1. The summed E-state index contributed by atoms with van der Waals surface area (Å²) in [5.41, 5.74) is 0. The summed E-state index contributed by atoms with van der Waals surface area (Å²) in [5, 5.41) is 3.31. The van der Waals surface area contributed by atoms with E-state index in [1.54, 1.807) is 7.11 Å². The van der Waals surface area contributed by atoms with Crippen LogP contribution in [0.1, 0.15) is 19.8 Å². The molecule has 1 unspecified atom stereocenters. The van der Waals surface area contributed by atoms with Gasteiger partial charge in [0.1, 0.15) is 0 Å². The van der Waals surface area contributed by atoms with E-state index in [9.17, 15) is 8.42 Å². The van der Waals surface area contributed by atoms with Gasteiger partial charge in [-0.25, -0.2) is 13.1 Å². The average Bonchev–Trinajstić information content (AvgIpc) is 2.98. The van der Waals surface area contributed by atoms with E-state index < -0.39 is 10.0 Å². The molecule has 0 aromatic carbocycles. The number of hydrogen-bond acceptors (Lipinski definition) is 5. The van der Waals surface area contributed by atoms with Crippen LogP contribution >= 0.6 is 24.0 Å². The number of aliphatic imine (C=N–C) groups is 1. The first kappa shape index (κ1) is 24.8. The Bertz CT molecular complexity index is 476. The van der Waals surface area contributed by atoms with Crippen molar-refractivity contribution < 1.29 is 17.9 Å². The molecular weight excluding hydrogens is 459 g/mol. The number of guanidine groups is 1. The fourth-order valence-corrected chi connectivity index (χ4v) is 3.02. The Morgan fingerprint density at radius 3 is 2.76 bits per heavy atom. The van der Waals surface area contributed by atoms with E-state index in [4.69, 9.17) is 9.47 Å². The SMILES string of the molecule is CCNC(=NCCCNS(C)(=O)=O)N1CCC(COCCOC)C1.I. The van der Waals surface area contributed by atoms with Crippen molar-refractivity contribution in [2.45, 2.75) is 19.8 Å². The number of rotatable bonds is 11. The maximum atomic E-state index is 11.0. The second-order valence-electron chi connectivity index (χ2n) is 5.92. The zero-order valence-electron chi connectivity index (χ0n) is 15.5. The highest BCUT2D eigenvalue weighted by Gasteiger charge is 2.24. The lowest BCUT2D eigenvalue weighted by molar-refractivity contribution is 0.0536. The maximum Gasteiger partial charge on any atom is 0.208 e. The Kier molecular flexibility index (Phi) is 13.9. The van der Waals surface area contributed by atoms with E-state index in [2.05, 4.69) is 19.9 Å². The molecular formula is C15H33IN4O4S. The minimum atomic E-state index is -3.12. The normalized spacial score (nSPS) is 18.3. The number of hydrogen-bond donors (Lipinski definition) is 2. The molecule has 0 amide bonds. The molecule has 0 saturated carbocycles. The summed E-state index contributed by atoms with van der Waals surface area (Å²) in [7, 11) is -1.45. The van der Waals surface area contributed by atoms with Crippen LogP contribution in [-0.4, -0.2) is 85.2 Å². The van der Waals surface area contributed by atoms with Crippen molar-refractivity contribution in [2.75, 3.05) is 65.9 Å². The lowest BCUT2D eigenvalue weighted by Crippen LogP contribution is -2.40. The summed E-state index contributed by atoms with van der Waals surface area (Å²) in [6.45, 7) is 7.77. The number of nitrogens with one attached hydrogen (secondary N) is 2. The first-order valence-electron chi connectivity index (χ1n) is 8.50. The van der Waals surface area contributed by atoms with Crippen molar-refractivity contribution >= 4 is 40.0 Å². The van der Waals surface area contributed by atoms with E-state index in [0.717, 1.165) is 38.6 Å². The molecule has 1 aliphatic rings. The molecule has 0 aromatic rings. The van der Waals surface area contributed by atoms with Gasteiger partial charge in [-0.05, 0) is 19.8 Å². The first-order valence-corrected chi connectivity index (χ1v) is 10.4. The average molecular weight is 492 g/mol. The van der Waals surface area contributed by atoms with Crippen LogP contribution in [0.2, 0.25) is 0 Å². The number of ether oxygens (including phenoxy) is 2. The third-order valence-electron chi connectivity index (χ3n) is 3.67. The van der Waals surface area contributed by atoms with Crippen LogP contribution in [0.5, 0.6) is 0 Å². The third-order valence-corrected chi connectivity index (χ3v) is 4.39. The van der Waals surface area contributed by atoms with Crippen molar-refractivity contribution in [3.05, 3.63) is 0 Å². The van der Waals surface area contributed by atoms with Gasteiger partial charge in [0.25, 0.3) is 0 Å². The Morgan fingerprint density at radius 1 is 1.36 bits per heavy atom. The van der Waals surface area contributed by atoms with Crippen molar-refractivity contribution in [2.24, 2.45) is 10.9 Å². The van der Waals surface area contributed by atoms with Crippen LogP contribution in [0.4, 0.5) is 0 Å². The Balaban J connectivity index is 0.00000576.